The fourth-order valence-corrected chi connectivity index (χ4v) is 3.63. The van der Waals surface area contributed by atoms with Gasteiger partial charge < -0.3 is 9.30 Å². The van der Waals surface area contributed by atoms with Gasteiger partial charge >= 0.3 is 0 Å². The highest BCUT2D eigenvalue weighted by Crippen LogP contribution is 2.20. The van der Waals surface area contributed by atoms with E-state index in [0.29, 0.717) is 6.42 Å². The van der Waals surface area contributed by atoms with E-state index in [-0.39, 0.29) is 11.9 Å². The average molecular weight is 337 g/mol. The fourth-order valence-electron chi connectivity index (χ4n) is 3.63. The Morgan fingerprint density at radius 3 is 3.00 bits per heavy atom. The van der Waals surface area contributed by atoms with Crippen LogP contribution >= 0.6 is 0 Å². The van der Waals surface area contributed by atoms with Crippen LogP contribution in [0, 0.1) is 6.92 Å². The first-order chi connectivity index (χ1) is 12.2. The Morgan fingerprint density at radius 2 is 2.20 bits per heavy atom. The van der Waals surface area contributed by atoms with E-state index >= 15 is 0 Å². The van der Waals surface area contributed by atoms with E-state index in [4.69, 9.17) is 0 Å². The van der Waals surface area contributed by atoms with E-state index in [2.05, 4.69) is 10.1 Å². The molecule has 130 valence electrons. The van der Waals surface area contributed by atoms with Crippen molar-refractivity contribution in [1.82, 2.24) is 24.1 Å². The van der Waals surface area contributed by atoms with Gasteiger partial charge in [-0.2, -0.15) is 5.10 Å². The first-order valence-corrected chi connectivity index (χ1v) is 8.90. The third-order valence-corrected chi connectivity index (χ3v) is 4.85. The highest BCUT2D eigenvalue weighted by atomic mass is 16.2. The fraction of sp³-hybridized carbons (Fsp3) is 0.421. The van der Waals surface area contributed by atoms with Gasteiger partial charge in [0.25, 0.3) is 0 Å². The van der Waals surface area contributed by atoms with Crippen molar-refractivity contribution in [2.75, 3.05) is 6.54 Å². The van der Waals surface area contributed by atoms with Gasteiger partial charge in [-0.15, -0.1) is 0 Å². The topological polar surface area (TPSA) is 55.4 Å². The van der Waals surface area contributed by atoms with Gasteiger partial charge in [0.05, 0.1) is 30.9 Å². The number of imidazole rings is 1. The Morgan fingerprint density at radius 1 is 1.28 bits per heavy atom. The van der Waals surface area contributed by atoms with E-state index in [0.717, 1.165) is 42.8 Å². The number of aryl methyl sites for hydroxylation is 1. The molecule has 3 aromatic heterocycles. The molecule has 6 nitrogen and oxygen atoms in total. The molecule has 0 saturated carbocycles. The predicted octanol–water partition coefficient (Wildman–Crippen LogP) is 2.46. The van der Waals surface area contributed by atoms with Crippen molar-refractivity contribution in [3.05, 3.63) is 54.2 Å². The Labute approximate surface area is 147 Å². The van der Waals surface area contributed by atoms with Gasteiger partial charge in [-0.05, 0) is 43.9 Å². The van der Waals surface area contributed by atoms with E-state index in [1.165, 1.54) is 6.42 Å². The highest BCUT2D eigenvalue weighted by Gasteiger charge is 2.27. The lowest BCUT2D eigenvalue weighted by molar-refractivity contribution is -0.134. The van der Waals surface area contributed by atoms with Crippen molar-refractivity contribution in [3.8, 4) is 0 Å². The van der Waals surface area contributed by atoms with Crippen LogP contribution in [0.1, 0.15) is 30.5 Å². The van der Waals surface area contributed by atoms with Crippen LogP contribution in [-0.4, -0.2) is 42.6 Å². The molecule has 1 aliphatic rings. The Balaban J connectivity index is 1.48. The number of likely N-dealkylation sites (tertiary alicyclic amines) is 1. The zero-order valence-electron chi connectivity index (χ0n) is 14.5. The zero-order valence-corrected chi connectivity index (χ0v) is 14.5. The molecule has 0 N–H and O–H groups in total. The van der Waals surface area contributed by atoms with Crippen molar-refractivity contribution in [3.63, 3.8) is 0 Å². The van der Waals surface area contributed by atoms with Crippen molar-refractivity contribution < 1.29 is 4.79 Å². The maximum atomic E-state index is 12.9. The number of pyridine rings is 1. The van der Waals surface area contributed by atoms with Gasteiger partial charge in [0.2, 0.25) is 5.91 Å². The number of amides is 1. The summed E-state index contributed by atoms with van der Waals surface area (Å²) in [5.41, 5.74) is 2.86. The maximum absolute atomic E-state index is 12.9. The lowest BCUT2D eigenvalue weighted by Gasteiger charge is -2.35. The summed E-state index contributed by atoms with van der Waals surface area (Å²) in [6.07, 6.45) is 11.5. The minimum atomic E-state index is 0.164. The SMILES string of the molecule is Cc1cnn(C[C@H]2CCCCN2C(=O)Cc2cn3ccccc3n2)c1. The second-order valence-corrected chi connectivity index (χ2v) is 6.85. The molecule has 1 fully saturated rings. The standard InChI is InChI=1S/C19H23N5O/c1-15-11-20-23(12-15)14-17-6-2-5-9-24(17)19(25)10-16-13-22-8-4-3-7-18(22)21-16/h3-4,7-8,11-13,17H,2,5-6,9-10,14H2,1H3/t17-/m1/s1. The number of carbonyl (C=O) groups excluding carboxylic acids is 1. The summed E-state index contributed by atoms with van der Waals surface area (Å²) in [5.74, 6) is 0.164. The van der Waals surface area contributed by atoms with E-state index in [1.807, 2.05) is 63.9 Å². The number of hydrogen-bond donors (Lipinski definition) is 0. The summed E-state index contributed by atoms with van der Waals surface area (Å²) in [5, 5.41) is 4.38. The lowest BCUT2D eigenvalue weighted by atomic mass is 10.0. The molecule has 4 rings (SSSR count). The molecular weight excluding hydrogens is 314 g/mol. The molecule has 1 atom stereocenters. The molecule has 1 aliphatic heterocycles. The monoisotopic (exact) mass is 337 g/mol. The van der Waals surface area contributed by atoms with Crippen LogP contribution in [0.5, 0.6) is 0 Å². The first kappa shape index (κ1) is 15.9. The van der Waals surface area contributed by atoms with Crippen LogP contribution in [0.4, 0.5) is 0 Å². The van der Waals surface area contributed by atoms with Crippen LogP contribution in [0.2, 0.25) is 0 Å². The second-order valence-electron chi connectivity index (χ2n) is 6.85. The number of hydrogen-bond acceptors (Lipinski definition) is 3. The van der Waals surface area contributed by atoms with Crippen molar-refractivity contribution in [1.29, 1.82) is 0 Å². The third-order valence-electron chi connectivity index (χ3n) is 4.85. The van der Waals surface area contributed by atoms with Gasteiger partial charge in [0.15, 0.2) is 0 Å². The molecular formula is C19H23N5O. The number of piperidine rings is 1. The predicted molar refractivity (Wildman–Crippen MR) is 95.2 cm³/mol. The maximum Gasteiger partial charge on any atom is 0.228 e. The molecule has 1 saturated heterocycles. The lowest BCUT2D eigenvalue weighted by Crippen LogP contribution is -2.46. The molecule has 4 heterocycles. The molecule has 25 heavy (non-hydrogen) atoms. The molecule has 1 amide bonds. The summed E-state index contributed by atoms with van der Waals surface area (Å²) < 4.78 is 3.92. The second kappa shape index (κ2) is 6.70. The number of nitrogens with zero attached hydrogens (tertiary/aromatic N) is 5. The van der Waals surface area contributed by atoms with E-state index in [1.54, 1.807) is 0 Å². The Bertz CT molecular complexity index is 848. The van der Waals surface area contributed by atoms with Gasteiger partial charge in [-0.25, -0.2) is 4.98 Å². The zero-order chi connectivity index (χ0) is 17.2. The molecule has 0 aliphatic carbocycles. The summed E-state index contributed by atoms with van der Waals surface area (Å²) in [4.78, 5) is 19.5. The van der Waals surface area contributed by atoms with Gasteiger partial charge in [0, 0.05) is 25.1 Å². The normalized spacial score (nSPS) is 18.0. The molecule has 0 spiro atoms. The molecule has 3 aromatic rings. The van der Waals surface area contributed by atoms with Gasteiger partial charge in [0.1, 0.15) is 5.65 Å². The largest absolute Gasteiger partial charge is 0.338 e. The number of carbonyl (C=O) groups is 1. The third kappa shape index (κ3) is 3.43. The quantitative estimate of drug-likeness (QED) is 0.735. The van der Waals surface area contributed by atoms with Crippen LogP contribution in [0.3, 0.4) is 0 Å². The van der Waals surface area contributed by atoms with Crippen LogP contribution in [0.15, 0.2) is 43.0 Å². The average Bonchev–Trinajstić information content (AvgIpc) is 3.20. The minimum absolute atomic E-state index is 0.164. The van der Waals surface area contributed by atoms with Gasteiger partial charge in [-0.3, -0.25) is 9.48 Å². The number of rotatable bonds is 4. The molecule has 0 radical (unpaired) electrons. The van der Waals surface area contributed by atoms with Crippen LogP contribution in [-0.2, 0) is 17.8 Å². The molecule has 0 aromatic carbocycles. The number of fused-ring (bicyclic) bond motifs is 1. The minimum Gasteiger partial charge on any atom is -0.338 e. The van der Waals surface area contributed by atoms with E-state index < -0.39 is 0 Å². The summed E-state index contributed by atoms with van der Waals surface area (Å²) >= 11 is 0. The molecule has 0 bridgehead atoms. The van der Waals surface area contributed by atoms with Crippen molar-refractivity contribution in [2.24, 2.45) is 0 Å². The van der Waals surface area contributed by atoms with Gasteiger partial charge in [-0.1, -0.05) is 6.07 Å². The van der Waals surface area contributed by atoms with Crippen molar-refractivity contribution >= 4 is 11.6 Å². The first-order valence-electron chi connectivity index (χ1n) is 8.90. The highest BCUT2D eigenvalue weighted by molar-refractivity contribution is 5.79. The van der Waals surface area contributed by atoms with Crippen LogP contribution < -0.4 is 0 Å². The number of aromatic nitrogens is 4. The molecule has 6 heteroatoms. The smallest absolute Gasteiger partial charge is 0.228 e. The summed E-state index contributed by atoms with van der Waals surface area (Å²) in [7, 11) is 0. The summed E-state index contributed by atoms with van der Waals surface area (Å²) in [6, 6.07) is 6.10. The van der Waals surface area contributed by atoms with E-state index in [9.17, 15) is 4.79 Å². The Kier molecular flexibility index (Phi) is 4.26. The Hall–Kier alpha value is -2.63. The van der Waals surface area contributed by atoms with Crippen LogP contribution in [0.25, 0.3) is 5.65 Å². The molecule has 0 unspecified atom stereocenters. The summed E-state index contributed by atoms with van der Waals surface area (Å²) in [6.45, 7) is 3.64. The van der Waals surface area contributed by atoms with Crippen molar-refractivity contribution in [2.45, 2.75) is 45.2 Å².